The Balaban J connectivity index is 1.45. The summed E-state index contributed by atoms with van der Waals surface area (Å²) in [6, 6.07) is 8.82. The van der Waals surface area contributed by atoms with E-state index in [9.17, 15) is 5.11 Å². The van der Waals surface area contributed by atoms with Crippen molar-refractivity contribution in [3.63, 3.8) is 0 Å². The lowest BCUT2D eigenvalue weighted by atomic mass is 10.1. The van der Waals surface area contributed by atoms with Crippen molar-refractivity contribution in [2.45, 2.75) is 44.2 Å². The van der Waals surface area contributed by atoms with Gasteiger partial charge in [0.15, 0.2) is 0 Å². The van der Waals surface area contributed by atoms with E-state index in [1.54, 1.807) is 11.3 Å². The molecular weight excluding hydrogens is 398 g/mol. The lowest BCUT2D eigenvalue weighted by Crippen LogP contribution is -2.29. The Morgan fingerprint density at radius 1 is 1.03 bits per heavy atom. The number of hydrogen-bond donors (Lipinski definition) is 3. The molecule has 2 fully saturated rings. The van der Waals surface area contributed by atoms with Crippen LogP contribution >= 0.6 is 11.3 Å². The molecule has 3 N–H and O–H groups in total. The van der Waals surface area contributed by atoms with Crippen LogP contribution < -0.4 is 10.6 Å². The SMILES string of the molecule is OCC1CCC(Nc2nc(NC3CCOCC3)ncc2-c2nc3ccccc3s2)C1. The van der Waals surface area contributed by atoms with Gasteiger partial charge in [-0.2, -0.15) is 4.98 Å². The number of aliphatic hydroxyl groups excluding tert-OH is 1. The molecule has 158 valence electrons. The molecule has 1 aliphatic carbocycles. The first-order valence-corrected chi connectivity index (χ1v) is 11.5. The normalized spacial score (nSPS) is 22.4. The summed E-state index contributed by atoms with van der Waals surface area (Å²) >= 11 is 1.66. The number of nitrogens with one attached hydrogen (secondary N) is 2. The molecule has 30 heavy (non-hydrogen) atoms. The van der Waals surface area contributed by atoms with E-state index in [-0.39, 0.29) is 6.61 Å². The molecule has 2 atom stereocenters. The lowest BCUT2D eigenvalue weighted by Gasteiger charge is -2.23. The van der Waals surface area contributed by atoms with Gasteiger partial charge in [0.1, 0.15) is 10.8 Å². The Labute approximate surface area is 179 Å². The smallest absolute Gasteiger partial charge is 0.224 e. The van der Waals surface area contributed by atoms with Crippen molar-refractivity contribution in [1.82, 2.24) is 15.0 Å². The Hall–Kier alpha value is -2.29. The van der Waals surface area contributed by atoms with Crippen LogP contribution in [0.25, 0.3) is 20.8 Å². The van der Waals surface area contributed by atoms with Crippen molar-refractivity contribution in [3.8, 4) is 10.6 Å². The second-order valence-corrected chi connectivity index (χ2v) is 9.21. The number of anilines is 2. The summed E-state index contributed by atoms with van der Waals surface area (Å²) in [7, 11) is 0. The van der Waals surface area contributed by atoms with E-state index in [4.69, 9.17) is 14.7 Å². The van der Waals surface area contributed by atoms with Gasteiger partial charge in [-0.1, -0.05) is 12.1 Å². The molecule has 2 aliphatic rings. The predicted molar refractivity (Wildman–Crippen MR) is 120 cm³/mol. The monoisotopic (exact) mass is 425 g/mol. The van der Waals surface area contributed by atoms with Crippen molar-refractivity contribution in [2.24, 2.45) is 5.92 Å². The van der Waals surface area contributed by atoms with Gasteiger partial charge in [-0.25, -0.2) is 9.97 Å². The van der Waals surface area contributed by atoms with Crippen molar-refractivity contribution >= 4 is 33.3 Å². The lowest BCUT2D eigenvalue weighted by molar-refractivity contribution is 0.0903. The van der Waals surface area contributed by atoms with Crippen LogP contribution in [-0.4, -0.2) is 52.0 Å². The number of rotatable bonds is 6. The molecule has 1 aromatic carbocycles. The van der Waals surface area contributed by atoms with Gasteiger partial charge in [-0.15, -0.1) is 11.3 Å². The summed E-state index contributed by atoms with van der Waals surface area (Å²) in [5.74, 6) is 1.84. The number of thiazole rings is 1. The van der Waals surface area contributed by atoms with Crippen LogP contribution in [0.2, 0.25) is 0 Å². The molecule has 3 aromatic rings. The van der Waals surface area contributed by atoms with Crippen LogP contribution in [0, 0.1) is 5.92 Å². The molecule has 8 heteroatoms. The van der Waals surface area contributed by atoms with Crippen LogP contribution in [0.1, 0.15) is 32.1 Å². The summed E-state index contributed by atoms with van der Waals surface area (Å²) in [6.07, 6.45) is 6.86. The highest BCUT2D eigenvalue weighted by molar-refractivity contribution is 7.21. The van der Waals surface area contributed by atoms with Crippen molar-refractivity contribution in [3.05, 3.63) is 30.5 Å². The third-order valence-corrected chi connectivity index (χ3v) is 7.08. The Kier molecular flexibility index (Phi) is 5.79. The fourth-order valence-corrected chi connectivity index (χ4v) is 5.27. The quantitative estimate of drug-likeness (QED) is 0.551. The molecule has 1 saturated carbocycles. The summed E-state index contributed by atoms with van der Waals surface area (Å²) < 4.78 is 6.61. The van der Waals surface area contributed by atoms with Crippen molar-refractivity contribution < 1.29 is 9.84 Å². The van der Waals surface area contributed by atoms with Crippen molar-refractivity contribution in [1.29, 1.82) is 0 Å². The van der Waals surface area contributed by atoms with Gasteiger partial charge in [0.05, 0.1) is 15.8 Å². The zero-order valence-electron chi connectivity index (χ0n) is 16.9. The van der Waals surface area contributed by atoms with E-state index in [0.717, 1.165) is 71.9 Å². The van der Waals surface area contributed by atoms with Gasteiger partial charge in [0.25, 0.3) is 0 Å². The minimum atomic E-state index is 0.253. The van der Waals surface area contributed by atoms with Crippen LogP contribution in [0.5, 0.6) is 0 Å². The summed E-state index contributed by atoms with van der Waals surface area (Å²) in [5, 5.41) is 17.5. The second kappa shape index (κ2) is 8.83. The fraction of sp³-hybridized carbons (Fsp3) is 0.500. The third kappa shape index (κ3) is 4.26. The standard InChI is InChI=1S/C22H27N5O2S/c28-13-14-5-6-16(11-14)24-20-17(21-26-18-3-1-2-4-19(18)30-21)12-23-22(27-20)25-15-7-9-29-10-8-15/h1-4,12,14-16,28H,5-11,13H2,(H2,23,24,25,27). The number of para-hydroxylation sites is 1. The molecule has 0 spiro atoms. The van der Waals surface area contributed by atoms with E-state index >= 15 is 0 Å². The van der Waals surface area contributed by atoms with Gasteiger partial charge in [-0.05, 0) is 50.2 Å². The first-order chi connectivity index (χ1) is 14.8. The highest BCUT2D eigenvalue weighted by Gasteiger charge is 2.26. The molecule has 0 radical (unpaired) electrons. The van der Waals surface area contributed by atoms with E-state index < -0.39 is 0 Å². The Morgan fingerprint density at radius 3 is 2.70 bits per heavy atom. The first kappa shape index (κ1) is 19.7. The molecule has 1 saturated heterocycles. The maximum absolute atomic E-state index is 9.51. The fourth-order valence-electron chi connectivity index (χ4n) is 4.30. The number of aliphatic hydroxyl groups is 1. The molecule has 0 amide bonds. The topological polar surface area (TPSA) is 92.2 Å². The highest BCUT2D eigenvalue weighted by atomic mass is 32.1. The maximum Gasteiger partial charge on any atom is 0.224 e. The van der Waals surface area contributed by atoms with Crippen LogP contribution in [-0.2, 0) is 4.74 Å². The third-order valence-electron chi connectivity index (χ3n) is 6.01. The van der Waals surface area contributed by atoms with Gasteiger partial charge in [0, 0.05) is 38.1 Å². The minimum absolute atomic E-state index is 0.253. The van der Waals surface area contributed by atoms with Gasteiger partial charge in [0.2, 0.25) is 5.95 Å². The summed E-state index contributed by atoms with van der Waals surface area (Å²) in [4.78, 5) is 14.3. The van der Waals surface area contributed by atoms with Gasteiger partial charge in [-0.3, -0.25) is 0 Å². The maximum atomic E-state index is 9.51. The second-order valence-electron chi connectivity index (χ2n) is 8.18. The average Bonchev–Trinajstić information content (AvgIpc) is 3.41. The minimum Gasteiger partial charge on any atom is -0.396 e. The number of nitrogens with zero attached hydrogens (tertiary/aromatic N) is 3. The Bertz CT molecular complexity index is 971. The largest absolute Gasteiger partial charge is 0.396 e. The van der Waals surface area contributed by atoms with Crippen LogP contribution in [0.4, 0.5) is 11.8 Å². The van der Waals surface area contributed by atoms with E-state index in [0.29, 0.717) is 23.9 Å². The molecule has 5 rings (SSSR count). The molecule has 2 aromatic heterocycles. The number of benzene rings is 1. The van der Waals surface area contributed by atoms with Gasteiger partial charge >= 0.3 is 0 Å². The molecule has 7 nitrogen and oxygen atoms in total. The zero-order valence-corrected chi connectivity index (χ0v) is 17.7. The molecule has 1 aliphatic heterocycles. The van der Waals surface area contributed by atoms with Crippen LogP contribution in [0.3, 0.4) is 0 Å². The predicted octanol–water partition coefficient (Wildman–Crippen LogP) is 3.92. The van der Waals surface area contributed by atoms with E-state index in [2.05, 4.69) is 21.7 Å². The van der Waals surface area contributed by atoms with Crippen molar-refractivity contribution in [2.75, 3.05) is 30.5 Å². The Morgan fingerprint density at radius 2 is 1.90 bits per heavy atom. The molecule has 0 bridgehead atoms. The number of fused-ring (bicyclic) bond motifs is 1. The number of hydrogen-bond acceptors (Lipinski definition) is 8. The van der Waals surface area contributed by atoms with Crippen LogP contribution in [0.15, 0.2) is 30.5 Å². The number of ether oxygens (including phenoxy) is 1. The first-order valence-electron chi connectivity index (χ1n) is 10.7. The average molecular weight is 426 g/mol. The van der Waals surface area contributed by atoms with E-state index in [1.165, 1.54) is 0 Å². The van der Waals surface area contributed by atoms with E-state index in [1.807, 2.05) is 24.4 Å². The number of aromatic nitrogens is 3. The summed E-state index contributed by atoms with van der Waals surface area (Å²) in [6.45, 7) is 1.80. The highest BCUT2D eigenvalue weighted by Crippen LogP contribution is 2.36. The molecule has 2 unspecified atom stereocenters. The molecule has 3 heterocycles. The summed E-state index contributed by atoms with van der Waals surface area (Å²) in [5.41, 5.74) is 1.93. The zero-order chi connectivity index (χ0) is 20.3. The van der Waals surface area contributed by atoms with Gasteiger partial charge < -0.3 is 20.5 Å². The molecular formula is C22H27N5O2S.